The predicted molar refractivity (Wildman–Crippen MR) is 100 cm³/mol. The van der Waals surface area contributed by atoms with Gasteiger partial charge in [0.1, 0.15) is 5.82 Å². The summed E-state index contributed by atoms with van der Waals surface area (Å²) in [4.78, 5) is 14.0. The van der Waals surface area contributed by atoms with Gasteiger partial charge in [-0.25, -0.2) is 4.39 Å². The number of anilines is 2. The van der Waals surface area contributed by atoms with E-state index < -0.39 is 0 Å². The summed E-state index contributed by atoms with van der Waals surface area (Å²) >= 11 is 0. The van der Waals surface area contributed by atoms with Crippen LogP contribution in [0.1, 0.15) is 52.5 Å². The number of hydrogen-bond donors (Lipinski definition) is 1. The van der Waals surface area contributed by atoms with E-state index in [0.29, 0.717) is 36.1 Å². The Hall–Kier alpha value is -1.78. The maximum Gasteiger partial charge on any atom is 0.309 e. The first-order chi connectivity index (χ1) is 11.7. The van der Waals surface area contributed by atoms with E-state index in [0.717, 1.165) is 18.8 Å². The summed E-state index contributed by atoms with van der Waals surface area (Å²) in [7, 11) is 0. The number of rotatable bonds is 8. The zero-order valence-corrected chi connectivity index (χ0v) is 16.0. The summed E-state index contributed by atoms with van der Waals surface area (Å²) in [6, 6.07) is 3.25. The smallest absolute Gasteiger partial charge is 0.309 e. The molecule has 2 rings (SSSR count). The van der Waals surface area contributed by atoms with Gasteiger partial charge in [0, 0.05) is 19.0 Å². The lowest BCUT2D eigenvalue weighted by Crippen LogP contribution is -2.32. The molecule has 2 atom stereocenters. The molecule has 0 amide bonds. The third-order valence-electron chi connectivity index (χ3n) is 4.44. The van der Waals surface area contributed by atoms with Gasteiger partial charge in [-0.05, 0) is 42.9 Å². The molecule has 0 aliphatic heterocycles. The van der Waals surface area contributed by atoms with Crippen LogP contribution in [0.15, 0.2) is 12.1 Å². The molecule has 0 aromatic heterocycles. The zero-order chi connectivity index (χ0) is 18.7. The van der Waals surface area contributed by atoms with Crippen LogP contribution in [0.3, 0.4) is 0 Å². The van der Waals surface area contributed by atoms with Crippen LogP contribution in [0.5, 0.6) is 0 Å². The third kappa shape index (κ3) is 4.86. The van der Waals surface area contributed by atoms with Gasteiger partial charge in [-0.2, -0.15) is 0 Å². The zero-order valence-electron chi connectivity index (χ0n) is 16.0. The number of hydrogen-bond acceptors (Lipinski definition) is 4. The van der Waals surface area contributed by atoms with Crippen LogP contribution in [0.25, 0.3) is 0 Å². The molecule has 0 heterocycles. The molecule has 1 aromatic rings. The highest BCUT2D eigenvalue weighted by molar-refractivity contribution is 5.78. The molecule has 140 valence electrons. The molecule has 4 nitrogen and oxygen atoms in total. The van der Waals surface area contributed by atoms with E-state index in [1.807, 2.05) is 0 Å². The van der Waals surface area contributed by atoms with Crippen LogP contribution in [-0.2, 0) is 9.53 Å². The minimum absolute atomic E-state index is 0.112. The number of benzene rings is 1. The minimum atomic E-state index is -0.279. The standard InChI is InChI=1S/C20H31FN2O2/c1-6-25-20(24)16-7-14(16)15-8-18(22)19(9-17(15)21)23(10-12(2)3)11-13(4)5/h8-9,12-14,16H,6-7,10-11,22H2,1-5H3/t14-,16-/m1/s1. The number of ether oxygens (including phenoxy) is 1. The van der Waals surface area contributed by atoms with E-state index in [2.05, 4.69) is 32.6 Å². The van der Waals surface area contributed by atoms with E-state index in [9.17, 15) is 9.18 Å². The third-order valence-corrected chi connectivity index (χ3v) is 4.44. The molecule has 0 spiro atoms. The maximum absolute atomic E-state index is 14.7. The quantitative estimate of drug-likeness (QED) is 0.564. The number of carbonyl (C=O) groups is 1. The van der Waals surface area contributed by atoms with Gasteiger partial charge in [-0.1, -0.05) is 27.7 Å². The second-order valence-electron chi connectivity index (χ2n) is 7.83. The van der Waals surface area contributed by atoms with E-state index in [-0.39, 0.29) is 23.6 Å². The van der Waals surface area contributed by atoms with Crippen molar-refractivity contribution in [3.63, 3.8) is 0 Å². The lowest BCUT2D eigenvalue weighted by Gasteiger charge is -2.30. The van der Waals surface area contributed by atoms with E-state index in [1.54, 1.807) is 13.0 Å². The van der Waals surface area contributed by atoms with Crippen molar-refractivity contribution in [1.29, 1.82) is 0 Å². The van der Waals surface area contributed by atoms with Crippen LogP contribution in [0, 0.1) is 23.6 Å². The fourth-order valence-electron chi connectivity index (χ4n) is 3.36. The van der Waals surface area contributed by atoms with Crippen molar-refractivity contribution >= 4 is 17.3 Å². The van der Waals surface area contributed by atoms with Crippen molar-refractivity contribution in [2.24, 2.45) is 17.8 Å². The molecule has 25 heavy (non-hydrogen) atoms. The number of halogens is 1. The number of esters is 1. The average Bonchev–Trinajstić information content (AvgIpc) is 3.28. The van der Waals surface area contributed by atoms with Crippen LogP contribution in [0.2, 0.25) is 0 Å². The first-order valence-electron chi connectivity index (χ1n) is 9.25. The van der Waals surface area contributed by atoms with E-state index >= 15 is 0 Å². The molecular weight excluding hydrogens is 319 g/mol. The van der Waals surface area contributed by atoms with Crippen LogP contribution in [-0.4, -0.2) is 25.7 Å². The van der Waals surface area contributed by atoms with Crippen molar-refractivity contribution in [3.05, 3.63) is 23.5 Å². The molecule has 5 heteroatoms. The van der Waals surface area contributed by atoms with E-state index in [1.165, 1.54) is 6.07 Å². The Morgan fingerprint density at radius 3 is 2.40 bits per heavy atom. The lowest BCUT2D eigenvalue weighted by atomic mass is 10.0. The molecule has 0 unspecified atom stereocenters. The van der Waals surface area contributed by atoms with Crippen LogP contribution in [0.4, 0.5) is 15.8 Å². The lowest BCUT2D eigenvalue weighted by molar-refractivity contribution is -0.144. The Bertz CT molecular complexity index is 606. The van der Waals surface area contributed by atoms with Gasteiger partial charge in [0.05, 0.1) is 23.9 Å². The fraction of sp³-hybridized carbons (Fsp3) is 0.650. The number of nitrogens with zero attached hydrogens (tertiary/aromatic N) is 1. The summed E-state index contributed by atoms with van der Waals surface area (Å²) in [5, 5.41) is 0. The highest BCUT2D eigenvalue weighted by Gasteiger charge is 2.46. The molecule has 1 aliphatic rings. The van der Waals surface area contributed by atoms with Gasteiger partial charge in [-0.3, -0.25) is 4.79 Å². The van der Waals surface area contributed by atoms with Crippen LogP contribution < -0.4 is 10.6 Å². The molecular formula is C20H31FN2O2. The summed E-state index contributed by atoms with van der Waals surface area (Å²) < 4.78 is 19.8. The summed E-state index contributed by atoms with van der Waals surface area (Å²) in [6.07, 6.45) is 0.635. The Balaban J connectivity index is 2.23. The molecule has 2 N–H and O–H groups in total. The second-order valence-corrected chi connectivity index (χ2v) is 7.83. The molecule has 0 bridgehead atoms. The Morgan fingerprint density at radius 2 is 1.88 bits per heavy atom. The predicted octanol–water partition coefficient (Wildman–Crippen LogP) is 4.19. The highest BCUT2D eigenvalue weighted by Crippen LogP contribution is 2.50. The van der Waals surface area contributed by atoms with Gasteiger partial charge in [0.25, 0.3) is 0 Å². The Labute approximate surface area is 150 Å². The molecule has 0 radical (unpaired) electrons. The summed E-state index contributed by atoms with van der Waals surface area (Å²) in [5.74, 6) is 0.0468. The number of nitrogens with two attached hydrogens (primary N) is 1. The van der Waals surface area contributed by atoms with Crippen molar-refractivity contribution < 1.29 is 13.9 Å². The van der Waals surface area contributed by atoms with Gasteiger partial charge >= 0.3 is 5.97 Å². The van der Waals surface area contributed by atoms with Gasteiger partial charge < -0.3 is 15.4 Å². The minimum Gasteiger partial charge on any atom is -0.466 e. The monoisotopic (exact) mass is 350 g/mol. The maximum atomic E-state index is 14.7. The highest BCUT2D eigenvalue weighted by atomic mass is 19.1. The summed E-state index contributed by atoms with van der Waals surface area (Å²) in [5.41, 5.74) is 8.12. The van der Waals surface area contributed by atoms with Gasteiger partial charge in [-0.15, -0.1) is 0 Å². The Morgan fingerprint density at radius 1 is 1.28 bits per heavy atom. The van der Waals surface area contributed by atoms with Gasteiger partial charge in [0.2, 0.25) is 0 Å². The topological polar surface area (TPSA) is 55.6 Å². The largest absolute Gasteiger partial charge is 0.466 e. The summed E-state index contributed by atoms with van der Waals surface area (Å²) in [6.45, 7) is 12.4. The van der Waals surface area contributed by atoms with Crippen molar-refractivity contribution in [2.75, 3.05) is 30.3 Å². The van der Waals surface area contributed by atoms with Crippen LogP contribution >= 0.6 is 0 Å². The second kappa shape index (κ2) is 8.07. The van der Waals surface area contributed by atoms with Crippen molar-refractivity contribution in [2.45, 2.75) is 47.0 Å². The molecule has 1 fully saturated rings. The average molecular weight is 350 g/mol. The first kappa shape index (κ1) is 19.5. The Kier molecular flexibility index (Phi) is 6.31. The van der Waals surface area contributed by atoms with Crippen molar-refractivity contribution in [1.82, 2.24) is 0 Å². The normalized spacial score (nSPS) is 19.4. The molecule has 1 saturated carbocycles. The number of carbonyl (C=O) groups excluding carboxylic acids is 1. The first-order valence-corrected chi connectivity index (χ1v) is 9.25. The SMILES string of the molecule is CCOC(=O)[C@@H]1C[C@@H]1c1cc(N)c(N(CC(C)C)CC(C)C)cc1F. The molecule has 1 aromatic carbocycles. The van der Waals surface area contributed by atoms with Crippen molar-refractivity contribution in [3.8, 4) is 0 Å². The fourth-order valence-corrected chi connectivity index (χ4v) is 3.36. The number of nitrogen functional groups attached to an aromatic ring is 1. The molecule has 1 aliphatic carbocycles. The molecule has 0 saturated heterocycles. The van der Waals surface area contributed by atoms with E-state index in [4.69, 9.17) is 10.5 Å². The van der Waals surface area contributed by atoms with Gasteiger partial charge in [0.15, 0.2) is 0 Å².